The number of aliphatic carboxylic acids is 1. The fraction of sp³-hybridized carbons (Fsp3) is 0.235. The number of fused-ring (bicyclic) bond motifs is 1. The molecule has 1 aliphatic heterocycles. The maximum atomic E-state index is 12.9. The van der Waals surface area contributed by atoms with Gasteiger partial charge in [0, 0.05) is 5.92 Å². The average Bonchev–Trinajstić information content (AvgIpc) is 3.01. The van der Waals surface area contributed by atoms with Crippen LogP contribution < -0.4 is 15.2 Å². The lowest BCUT2D eigenvalue weighted by atomic mass is 10.1. The molecule has 3 N–H and O–H groups in total. The van der Waals surface area contributed by atoms with Gasteiger partial charge in [-0.05, 0) is 29.8 Å². The average molecular weight is 361 g/mol. The van der Waals surface area contributed by atoms with E-state index < -0.39 is 32.5 Å². The van der Waals surface area contributed by atoms with E-state index in [9.17, 15) is 18.3 Å². The lowest BCUT2D eigenvalue weighted by Crippen LogP contribution is -2.39. The highest BCUT2D eigenvalue weighted by molar-refractivity contribution is 7.92. The summed E-state index contributed by atoms with van der Waals surface area (Å²) in [4.78, 5) is 11.8. The molecule has 2 aromatic rings. The highest BCUT2D eigenvalue weighted by Crippen LogP contribution is 2.56. The third-order valence-electron chi connectivity index (χ3n) is 4.71. The minimum atomic E-state index is -3.91. The SMILES string of the molecule is N[C@]1(C(=O)O)[C@H](c2ccc3c(c2)OCO3)[C@H]1S(=O)(=O)c1ccccc1. The van der Waals surface area contributed by atoms with Gasteiger partial charge in [-0.3, -0.25) is 4.79 Å². The monoisotopic (exact) mass is 361 g/mol. The Morgan fingerprint density at radius 3 is 2.48 bits per heavy atom. The second kappa shape index (κ2) is 5.21. The van der Waals surface area contributed by atoms with E-state index in [1.54, 1.807) is 36.4 Å². The Labute approximate surface area is 143 Å². The van der Waals surface area contributed by atoms with Crippen molar-refractivity contribution in [1.82, 2.24) is 0 Å². The third-order valence-corrected chi connectivity index (χ3v) is 6.97. The van der Waals surface area contributed by atoms with E-state index >= 15 is 0 Å². The van der Waals surface area contributed by atoms with Crippen LogP contribution in [0.15, 0.2) is 53.4 Å². The summed E-state index contributed by atoms with van der Waals surface area (Å²) in [5.41, 5.74) is 4.64. The maximum absolute atomic E-state index is 12.9. The van der Waals surface area contributed by atoms with Gasteiger partial charge >= 0.3 is 5.97 Å². The second-order valence-electron chi connectivity index (χ2n) is 6.11. The standard InChI is InChI=1S/C17H15NO6S/c18-17(16(19)20)14(10-6-7-12-13(8-10)24-9-23-12)15(17)25(21,22)11-4-2-1-3-5-11/h1-8,14-15H,9,18H2,(H,19,20)/t14-,15-,17-/m1/s1. The van der Waals surface area contributed by atoms with Gasteiger partial charge in [0.15, 0.2) is 21.3 Å². The number of rotatable bonds is 4. The van der Waals surface area contributed by atoms with Crippen molar-refractivity contribution in [2.45, 2.75) is 21.6 Å². The molecule has 0 saturated heterocycles. The van der Waals surface area contributed by atoms with Gasteiger partial charge in [0.25, 0.3) is 0 Å². The Balaban J connectivity index is 1.78. The summed E-state index contributed by atoms with van der Waals surface area (Å²) in [6.07, 6.45) is 0. The molecule has 1 heterocycles. The lowest BCUT2D eigenvalue weighted by molar-refractivity contribution is -0.139. The number of carbonyl (C=O) groups is 1. The molecule has 7 nitrogen and oxygen atoms in total. The predicted octanol–water partition coefficient (Wildman–Crippen LogP) is 1.14. The van der Waals surface area contributed by atoms with E-state index in [-0.39, 0.29) is 11.7 Å². The Bertz CT molecular complexity index is 958. The van der Waals surface area contributed by atoms with Crippen LogP contribution in [-0.2, 0) is 14.6 Å². The third kappa shape index (κ3) is 2.21. The van der Waals surface area contributed by atoms with Crippen molar-refractivity contribution in [3.63, 3.8) is 0 Å². The van der Waals surface area contributed by atoms with Gasteiger partial charge in [-0.25, -0.2) is 8.42 Å². The van der Waals surface area contributed by atoms with Crippen molar-refractivity contribution in [1.29, 1.82) is 0 Å². The van der Waals surface area contributed by atoms with Gasteiger partial charge in [-0.1, -0.05) is 24.3 Å². The Morgan fingerprint density at radius 2 is 1.80 bits per heavy atom. The van der Waals surface area contributed by atoms with E-state index in [2.05, 4.69) is 0 Å². The summed E-state index contributed by atoms with van der Waals surface area (Å²) in [5, 5.41) is 8.32. The first kappa shape index (κ1) is 15.9. The summed E-state index contributed by atoms with van der Waals surface area (Å²) in [6, 6.07) is 12.6. The summed E-state index contributed by atoms with van der Waals surface area (Å²) in [5.74, 6) is -1.23. The van der Waals surface area contributed by atoms with Gasteiger partial charge in [0.05, 0.1) is 4.90 Å². The molecular formula is C17H15NO6S. The molecule has 8 heteroatoms. The number of benzene rings is 2. The zero-order valence-corrected chi connectivity index (χ0v) is 13.8. The normalized spacial score (nSPS) is 27.1. The van der Waals surface area contributed by atoms with E-state index in [1.807, 2.05) is 0 Å². The van der Waals surface area contributed by atoms with Crippen LogP contribution in [0.3, 0.4) is 0 Å². The van der Waals surface area contributed by atoms with Crippen LogP contribution >= 0.6 is 0 Å². The molecular weight excluding hydrogens is 346 g/mol. The quantitative estimate of drug-likeness (QED) is 0.839. The first-order chi connectivity index (χ1) is 11.9. The smallest absolute Gasteiger partial charge is 0.325 e. The zero-order valence-electron chi connectivity index (χ0n) is 13.0. The number of hydrogen-bond acceptors (Lipinski definition) is 6. The van der Waals surface area contributed by atoms with E-state index in [0.29, 0.717) is 17.1 Å². The zero-order chi connectivity index (χ0) is 17.8. The Kier molecular flexibility index (Phi) is 3.32. The van der Waals surface area contributed by atoms with Crippen LogP contribution in [0.4, 0.5) is 0 Å². The van der Waals surface area contributed by atoms with Gasteiger partial charge in [0.1, 0.15) is 10.8 Å². The summed E-state index contributed by atoms with van der Waals surface area (Å²) in [6.45, 7) is 0.0713. The topological polar surface area (TPSA) is 116 Å². The van der Waals surface area contributed by atoms with Crippen molar-refractivity contribution in [3.05, 3.63) is 54.1 Å². The van der Waals surface area contributed by atoms with Crippen molar-refractivity contribution in [3.8, 4) is 11.5 Å². The largest absolute Gasteiger partial charge is 0.480 e. The van der Waals surface area contributed by atoms with E-state index in [4.69, 9.17) is 15.2 Å². The Morgan fingerprint density at radius 1 is 1.12 bits per heavy atom. The Hall–Kier alpha value is -2.58. The predicted molar refractivity (Wildman–Crippen MR) is 87.3 cm³/mol. The molecule has 0 spiro atoms. The van der Waals surface area contributed by atoms with Gasteiger partial charge in [0.2, 0.25) is 6.79 Å². The molecule has 0 radical (unpaired) electrons. The number of sulfone groups is 1. The van der Waals surface area contributed by atoms with Crippen LogP contribution in [0.25, 0.3) is 0 Å². The number of hydrogen-bond donors (Lipinski definition) is 2. The molecule has 130 valence electrons. The van der Waals surface area contributed by atoms with Crippen molar-refractivity contribution in [2.24, 2.45) is 5.73 Å². The summed E-state index contributed by atoms with van der Waals surface area (Å²) >= 11 is 0. The van der Waals surface area contributed by atoms with Crippen LogP contribution in [0.5, 0.6) is 11.5 Å². The number of carboxylic acid groups (broad SMARTS) is 1. The van der Waals surface area contributed by atoms with Crippen LogP contribution in [0, 0.1) is 0 Å². The van der Waals surface area contributed by atoms with Crippen molar-refractivity contribution < 1.29 is 27.8 Å². The maximum Gasteiger partial charge on any atom is 0.325 e. The highest BCUT2D eigenvalue weighted by atomic mass is 32.2. The second-order valence-corrected chi connectivity index (χ2v) is 8.18. The van der Waals surface area contributed by atoms with E-state index in [0.717, 1.165) is 0 Å². The molecule has 1 fully saturated rings. The van der Waals surface area contributed by atoms with Crippen molar-refractivity contribution >= 4 is 15.8 Å². The summed E-state index contributed by atoms with van der Waals surface area (Å²) in [7, 11) is -3.91. The fourth-order valence-corrected chi connectivity index (χ4v) is 5.63. The minimum Gasteiger partial charge on any atom is -0.480 e. The van der Waals surface area contributed by atoms with Crippen LogP contribution in [-0.4, -0.2) is 37.1 Å². The molecule has 2 aliphatic rings. The molecule has 3 atom stereocenters. The van der Waals surface area contributed by atoms with Gasteiger partial charge in [-0.15, -0.1) is 0 Å². The van der Waals surface area contributed by atoms with Gasteiger partial charge < -0.3 is 20.3 Å². The molecule has 0 unspecified atom stereocenters. The van der Waals surface area contributed by atoms with Crippen molar-refractivity contribution in [2.75, 3.05) is 6.79 Å². The van der Waals surface area contributed by atoms with Crippen LogP contribution in [0.2, 0.25) is 0 Å². The van der Waals surface area contributed by atoms with E-state index in [1.165, 1.54) is 12.1 Å². The minimum absolute atomic E-state index is 0.0549. The molecule has 4 rings (SSSR count). The lowest BCUT2D eigenvalue weighted by Gasteiger charge is -2.06. The first-order valence-corrected chi connectivity index (χ1v) is 9.12. The molecule has 25 heavy (non-hydrogen) atoms. The highest BCUT2D eigenvalue weighted by Gasteiger charge is 2.74. The first-order valence-electron chi connectivity index (χ1n) is 7.57. The number of carboxylic acids is 1. The molecule has 1 aliphatic carbocycles. The van der Waals surface area contributed by atoms with Gasteiger partial charge in [-0.2, -0.15) is 0 Å². The molecule has 0 bridgehead atoms. The summed E-state index contributed by atoms with van der Waals surface area (Å²) < 4.78 is 36.4. The number of nitrogens with two attached hydrogens (primary N) is 1. The molecule has 0 amide bonds. The number of ether oxygens (including phenoxy) is 2. The molecule has 2 aromatic carbocycles. The van der Waals surface area contributed by atoms with Crippen LogP contribution in [0.1, 0.15) is 11.5 Å². The molecule has 1 saturated carbocycles. The molecule has 0 aromatic heterocycles. The fourth-order valence-electron chi connectivity index (χ4n) is 3.38.